The Morgan fingerprint density at radius 1 is 0.515 bits per heavy atom. The molecular formula is C44H46Cl4N6O8S4. The number of nitrogens with zero attached hydrogens (tertiary/aromatic N) is 6. The van der Waals surface area contributed by atoms with E-state index in [1.54, 1.807) is 63.2 Å². The van der Waals surface area contributed by atoms with Crippen LogP contribution < -0.4 is 28.7 Å². The fraction of sp³-hybridized carbons (Fsp3) is 0.318. The summed E-state index contributed by atoms with van der Waals surface area (Å²) in [5.74, 6) is 2.84. The summed E-state index contributed by atoms with van der Waals surface area (Å²) in [6, 6.07) is 20.5. The molecule has 0 bridgehead atoms. The van der Waals surface area contributed by atoms with Gasteiger partial charge in [-0.1, -0.05) is 52.5 Å². The lowest BCUT2D eigenvalue weighted by molar-refractivity contribution is 0.354. The highest BCUT2D eigenvalue weighted by atomic mass is 35.5. The molecule has 2 fully saturated rings. The largest absolute Gasteiger partial charge is 0.497 e. The first kappa shape index (κ1) is 49.8. The van der Waals surface area contributed by atoms with Crippen molar-refractivity contribution in [3.05, 3.63) is 126 Å². The summed E-state index contributed by atoms with van der Waals surface area (Å²) in [5.41, 5.74) is 3.99. The van der Waals surface area contributed by atoms with Crippen LogP contribution in [0.25, 0.3) is 0 Å². The van der Waals surface area contributed by atoms with Crippen LogP contribution in [0.15, 0.2) is 93.3 Å². The van der Waals surface area contributed by atoms with E-state index in [0.29, 0.717) is 86.7 Å². The fourth-order valence-electron chi connectivity index (χ4n) is 7.29. The molecule has 2 saturated heterocycles. The van der Waals surface area contributed by atoms with Crippen LogP contribution in [0.5, 0.6) is 23.0 Å². The zero-order chi connectivity index (χ0) is 47.2. The Morgan fingerprint density at radius 3 is 1.38 bits per heavy atom. The summed E-state index contributed by atoms with van der Waals surface area (Å²) < 4.78 is 76.4. The van der Waals surface area contributed by atoms with Gasteiger partial charge in [0.05, 0.1) is 49.9 Å². The number of methoxy groups -OCH3 is 4. The summed E-state index contributed by atoms with van der Waals surface area (Å²) in [6.07, 6.45) is 1.31. The minimum atomic E-state index is -3.72. The minimum absolute atomic E-state index is 0.0374. The molecule has 0 N–H and O–H groups in total. The molecule has 0 saturated carbocycles. The van der Waals surface area contributed by atoms with Crippen molar-refractivity contribution in [3.8, 4) is 23.0 Å². The highest BCUT2D eigenvalue weighted by Gasteiger charge is 2.33. The molecule has 2 aromatic heterocycles. The summed E-state index contributed by atoms with van der Waals surface area (Å²) >= 11 is 27.3. The van der Waals surface area contributed by atoms with E-state index in [1.165, 1.54) is 32.9 Å². The van der Waals surface area contributed by atoms with Crippen LogP contribution in [-0.2, 0) is 32.9 Å². The molecule has 0 atom stereocenters. The van der Waals surface area contributed by atoms with Gasteiger partial charge in [-0.3, -0.25) is 0 Å². The Balaban J connectivity index is 0.000000196. The highest BCUT2D eigenvalue weighted by molar-refractivity contribution is 7.89. The van der Waals surface area contributed by atoms with Crippen LogP contribution in [0.3, 0.4) is 0 Å². The van der Waals surface area contributed by atoms with Gasteiger partial charge in [-0.2, -0.15) is 8.61 Å². The predicted octanol–water partition coefficient (Wildman–Crippen LogP) is 9.14. The van der Waals surface area contributed by atoms with E-state index in [4.69, 9.17) is 75.3 Å². The van der Waals surface area contributed by atoms with Crippen molar-refractivity contribution in [1.82, 2.24) is 18.6 Å². The smallest absolute Gasteiger partial charge is 0.244 e. The van der Waals surface area contributed by atoms with E-state index >= 15 is 0 Å². The molecule has 0 spiro atoms. The quantitative estimate of drug-likeness (QED) is 0.103. The van der Waals surface area contributed by atoms with E-state index in [2.05, 4.69) is 9.80 Å². The number of hydrogen-bond acceptors (Lipinski definition) is 14. The molecule has 352 valence electrons. The van der Waals surface area contributed by atoms with Crippen LogP contribution in [0.2, 0.25) is 20.1 Å². The molecule has 0 amide bonds. The highest BCUT2D eigenvalue weighted by Crippen LogP contribution is 2.34. The van der Waals surface area contributed by atoms with E-state index in [9.17, 15) is 16.8 Å². The van der Waals surface area contributed by atoms with Crippen molar-refractivity contribution >= 4 is 99.4 Å². The topological polar surface area (TPSA) is 144 Å². The number of sulfonamides is 2. The van der Waals surface area contributed by atoms with Crippen LogP contribution in [0.1, 0.15) is 22.5 Å². The van der Waals surface area contributed by atoms with Gasteiger partial charge >= 0.3 is 0 Å². The van der Waals surface area contributed by atoms with Crippen LogP contribution in [0, 0.1) is 0 Å². The van der Waals surface area contributed by atoms with Gasteiger partial charge in [-0.25, -0.2) is 26.8 Å². The molecule has 2 aliphatic heterocycles. The predicted molar refractivity (Wildman–Crippen MR) is 264 cm³/mol. The molecule has 4 aromatic carbocycles. The maximum absolute atomic E-state index is 13.0. The standard InChI is InChI=1S/2C22H23Cl2N3O4S2/c1-30-19-6-3-15(12-20(19)31-2)11-17-14-32-22(25-17)26-7-9-27(10-8-26)33(28,29)21-13-16(23)4-5-18(21)24;1-30-18-10-15(11-19(13-18)31-2)9-17-14-32-22(25-17)26-5-7-27(8-6-26)33(28,29)21-12-16(23)3-4-20(21)24/h3-6,12-14H,7-11H2,1-2H3;3-4,10-14H,5-9H2,1-2H3. The molecule has 8 rings (SSSR count). The second kappa shape index (κ2) is 21.9. The number of ether oxygens (including phenoxy) is 4. The van der Waals surface area contributed by atoms with Crippen LogP contribution in [-0.4, -0.2) is 116 Å². The second-order valence-electron chi connectivity index (χ2n) is 14.9. The van der Waals surface area contributed by atoms with Gasteiger partial charge in [0.1, 0.15) is 21.3 Å². The Bertz CT molecular complexity index is 2850. The second-order valence-corrected chi connectivity index (χ2v) is 22.1. The number of halogens is 4. The number of anilines is 2. The van der Waals surface area contributed by atoms with Gasteiger partial charge in [0.15, 0.2) is 21.8 Å². The van der Waals surface area contributed by atoms with Crippen molar-refractivity contribution in [2.45, 2.75) is 22.6 Å². The Labute approximate surface area is 413 Å². The van der Waals surface area contributed by atoms with Gasteiger partial charge in [0.2, 0.25) is 20.0 Å². The third kappa shape index (κ3) is 11.8. The van der Waals surface area contributed by atoms with Crippen molar-refractivity contribution in [2.24, 2.45) is 0 Å². The minimum Gasteiger partial charge on any atom is -0.497 e. The average Bonchev–Trinajstić information content (AvgIpc) is 4.00. The first-order valence-corrected chi connectivity index (χ1v) is 26.5. The Hall–Kier alpha value is -4.08. The number of aromatic nitrogens is 2. The number of thiazole rings is 2. The molecule has 0 radical (unpaired) electrons. The molecule has 6 aromatic rings. The monoisotopic (exact) mass is 1050 g/mol. The molecule has 66 heavy (non-hydrogen) atoms. The van der Waals surface area contributed by atoms with Crippen molar-refractivity contribution < 1.29 is 35.8 Å². The number of rotatable bonds is 14. The van der Waals surface area contributed by atoms with Gasteiger partial charge < -0.3 is 28.7 Å². The normalized spacial score (nSPS) is 15.0. The van der Waals surface area contributed by atoms with Crippen molar-refractivity contribution in [3.63, 3.8) is 0 Å². The lowest BCUT2D eigenvalue weighted by Gasteiger charge is -2.34. The van der Waals surface area contributed by atoms with Gasteiger partial charge in [-0.15, -0.1) is 22.7 Å². The molecular weight excluding hydrogens is 1010 g/mol. The fourth-order valence-corrected chi connectivity index (χ4v) is 13.4. The van der Waals surface area contributed by atoms with Gasteiger partial charge in [0.25, 0.3) is 0 Å². The molecule has 22 heteroatoms. The lowest BCUT2D eigenvalue weighted by atomic mass is 10.1. The number of hydrogen-bond donors (Lipinski definition) is 0. The first-order chi connectivity index (χ1) is 31.6. The molecule has 4 heterocycles. The molecule has 0 aliphatic carbocycles. The first-order valence-electron chi connectivity index (χ1n) is 20.3. The van der Waals surface area contributed by atoms with Crippen LogP contribution in [0.4, 0.5) is 10.3 Å². The molecule has 2 aliphatic rings. The third-order valence-electron chi connectivity index (χ3n) is 10.7. The zero-order valence-electron chi connectivity index (χ0n) is 36.2. The maximum Gasteiger partial charge on any atom is 0.244 e. The Kier molecular flexibility index (Phi) is 16.5. The number of benzene rings is 4. The van der Waals surface area contributed by atoms with E-state index in [1.807, 2.05) is 47.2 Å². The zero-order valence-corrected chi connectivity index (χ0v) is 42.5. The summed E-state index contributed by atoms with van der Waals surface area (Å²) in [6.45, 7) is 3.53. The maximum atomic E-state index is 13.0. The summed E-state index contributed by atoms with van der Waals surface area (Å²) in [7, 11) is -0.964. The summed E-state index contributed by atoms with van der Waals surface area (Å²) in [5, 5.41) is 6.81. The van der Waals surface area contributed by atoms with E-state index in [-0.39, 0.29) is 19.8 Å². The SMILES string of the molecule is COc1cc(Cc2csc(N3CCN(S(=O)(=O)c4cc(Cl)ccc4Cl)CC3)n2)cc(OC)c1.COc1ccc(Cc2csc(N3CCN(S(=O)(=O)c4cc(Cl)ccc4Cl)CC3)n2)cc1OC. The van der Waals surface area contributed by atoms with E-state index < -0.39 is 20.0 Å². The third-order valence-corrected chi connectivity index (χ3v) is 17.9. The Morgan fingerprint density at radius 2 is 0.955 bits per heavy atom. The summed E-state index contributed by atoms with van der Waals surface area (Å²) in [4.78, 5) is 13.8. The lowest BCUT2D eigenvalue weighted by Crippen LogP contribution is -2.48. The van der Waals surface area contributed by atoms with Gasteiger partial charge in [-0.05, 0) is 71.8 Å². The van der Waals surface area contributed by atoms with Gasteiger partial charge in [0, 0.05) is 92.1 Å². The van der Waals surface area contributed by atoms with Crippen molar-refractivity contribution in [1.29, 1.82) is 0 Å². The average molecular weight is 1060 g/mol. The van der Waals surface area contributed by atoms with Crippen LogP contribution >= 0.6 is 69.1 Å². The van der Waals surface area contributed by atoms with Crippen molar-refractivity contribution in [2.75, 3.05) is 90.6 Å². The molecule has 14 nitrogen and oxygen atoms in total. The number of piperazine rings is 2. The molecule has 0 unspecified atom stereocenters. The van der Waals surface area contributed by atoms with E-state index in [0.717, 1.165) is 44.3 Å².